The van der Waals surface area contributed by atoms with E-state index < -0.39 is 0 Å². The molecule has 0 amide bonds. The number of imidazole rings is 1. The molecular formula is C20H17N7OS. The smallest absolute Gasteiger partial charge is 0.276 e. The summed E-state index contributed by atoms with van der Waals surface area (Å²) in [5.74, 6) is 1.26. The van der Waals surface area contributed by atoms with Gasteiger partial charge in [-0.25, -0.2) is 19.9 Å². The third-order valence-electron chi connectivity index (χ3n) is 4.77. The van der Waals surface area contributed by atoms with Crippen LogP contribution in [0.2, 0.25) is 0 Å². The molecule has 0 saturated heterocycles. The summed E-state index contributed by atoms with van der Waals surface area (Å²) < 4.78 is 2.33. The molecule has 0 aliphatic carbocycles. The van der Waals surface area contributed by atoms with Crippen LogP contribution in [0.3, 0.4) is 0 Å². The highest BCUT2D eigenvalue weighted by Gasteiger charge is 2.22. The van der Waals surface area contributed by atoms with Crippen LogP contribution in [0.5, 0.6) is 0 Å². The molecule has 9 heteroatoms. The molecule has 0 fully saturated rings. The van der Waals surface area contributed by atoms with Crippen molar-refractivity contribution in [3.63, 3.8) is 0 Å². The lowest BCUT2D eigenvalue weighted by molar-refractivity contribution is 0.659. The molecule has 0 bridgehead atoms. The van der Waals surface area contributed by atoms with Gasteiger partial charge in [-0.2, -0.15) is 0 Å². The first-order chi connectivity index (χ1) is 14.3. The Hall–Kier alpha value is -3.59. The van der Waals surface area contributed by atoms with E-state index in [1.54, 1.807) is 10.9 Å². The first-order valence-electron chi connectivity index (χ1n) is 9.22. The van der Waals surface area contributed by atoms with Crippen LogP contribution >= 0.6 is 11.3 Å². The number of anilines is 1. The van der Waals surface area contributed by atoms with Crippen molar-refractivity contribution in [3.8, 4) is 5.69 Å². The van der Waals surface area contributed by atoms with Crippen LogP contribution in [-0.4, -0.2) is 29.5 Å². The minimum atomic E-state index is -0.242. The van der Waals surface area contributed by atoms with Gasteiger partial charge in [0.05, 0.1) is 23.6 Å². The minimum Gasteiger partial charge on any atom is -0.358 e. The lowest BCUT2D eigenvalue weighted by atomic mass is 10.2. The molecule has 0 spiro atoms. The number of fused-ring (bicyclic) bond motifs is 2. The zero-order valence-electron chi connectivity index (χ0n) is 15.5. The van der Waals surface area contributed by atoms with E-state index >= 15 is 0 Å². The maximum atomic E-state index is 13.3. The topological polar surface area (TPSA) is 101 Å². The molecule has 144 valence electrons. The maximum absolute atomic E-state index is 13.3. The van der Waals surface area contributed by atoms with Crippen molar-refractivity contribution in [1.82, 2.24) is 29.5 Å². The summed E-state index contributed by atoms with van der Waals surface area (Å²) in [6.45, 7) is 2.04. The molecule has 5 rings (SSSR count). The van der Waals surface area contributed by atoms with Crippen molar-refractivity contribution in [2.45, 2.75) is 19.4 Å². The Morgan fingerprint density at radius 3 is 2.86 bits per heavy atom. The third-order valence-corrected chi connectivity index (χ3v) is 5.67. The molecule has 0 aliphatic heterocycles. The Balaban J connectivity index is 1.70. The number of para-hydroxylation sites is 1. The molecule has 8 nitrogen and oxygen atoms in total. The Bertz CT molecular complexity index is 1360. The number of aromatic amines is 1. The molecular weight excluding hydrogens is 386 g/mol. The number of nitrogens with one attached hydrogen (secondary N) is 2. The highest BCUT2D eigenvalue weighted by atomic mass is 32.1. The van der Waals surface area contributed by atoms with E-state index in [9.17, 15) is 4.79 Å². The maximum Gasteiger partial charge on any atom is 0.276 e. The van der Waals surface area contributed by atoms with E-state index in [0.29, 0.717) is 33.9 Å². The number of benzene rings is 1. The number of thiophene rings is 1. The molecule has 29 heavy (non-hydrogen) atoms. The Labute approximate surface area is 169 Å². The standard InChI is InChI=1S/C20H17N7OS/c1-2-13(25-18-15-17(22-10-21-15)23-11-24-18)19-26-14-8-9-29-16(14)20(28)27(19)12-6-4-3-5-7-12/h3-11,13H,2H2,1H3,(H2,21,22,23,24,25). The van der Waals surface area contributed by atoms with Gasteiger partial charge >= 0.3 is 0 Å². The average Bonchev–Trinajstić information content (AvgIpc) is 3.42. The van der Waals surface area contributed by atoms with Crippen molar-refractivity contribution in [2.75, 3.05) is 5.32 Å². The van der Waals surface area contributed by atoms with Gasteiger partial charge in [-0.1, -0.05) is 25.1 Å². The van der Waals surface area contributed by atoms with Crippen LogP contribution in [0.15, 0.2) is 59.2 Å². The summed E-state index contributed by atoms with van der Waals surface area (Å²) in [4.78, 5) is 33.9. The fourth-order valence-electron chi connectivity index (χ4n) is 3.38. The van der Waals surface area contributed by atoms with E-state index in [4.69, 9.17) is 4.98 Å². The van der Waals surface area contributed by atoms with Crippen molar-refractivity contribution in [2.24, 2.45) is 0 Å². The second-order valence-corrected chi connectivity index (χ2v) is 7.43. The second kappa shape index (κ2) is 7.10. The van der Waals surface area contributed by atoms with Gasteiger partial charge in [-0.05, 0) is 30.0 Å². The second-order valence-electron chi connectivity index (χ2n) is 6.51. The molecule has 2 N–H and O–H groups in total. The van der Waals surface area contributed by atoms with Gasteiger partial charge in [0.2, 0.25) is 0 Å². The predicted octanol–water partition coefficient (Wildman–Crippen LogP) is 3.68. The molecule has 0 aliphatic rings. The first-order valence-corrected chi connectivity index (χ1v) is 10.1. The van der Waals surface area contributed by atoms with E-state index in [-0.39, 0.29) is 11.6 Å². The number of hydrogen-bond donors (Lipinski definition) is 2. The Kier molecular flexibility index (Phi) is 4.28. The van der Waals surface area contributed by atoms with E-state index in [1.165, 1.54) is 17.7 Å². The SMILES string of the molecule is CCC(Nc1ncnc2nc[nH]c12)c1nc2ccsc2c(=O)n1-c1ccccc1. The van der Waals surface area contributed by atoms with Crippen LogP contribution in [0.4, 0.5) is 5.82 Å². The third kappa shape index (κ3) is 2.95. The number of nitrogens with zero attached hydrogens (tertiary/aromatic N) is 5. The van der Waals surface area contributed by atoms with E-state index in [2.05, 4.69) is 25.3 Å². The van der Waals surface area contributed by atoms with Crippen molar-refractivity contribution in [1.29, 1.82) is 0 Å². The highest BCUT2D eigenvalue weighted by molar-refractivity contribution is 7.17. The average molecular weight is 403 g/mol. The largest absolute Gasteiger partial charge is 0.358 e. The molecule has 0 radical (unpaired) electrons. The highest BCUT2D eigenvalue weighted by Crippen LogP contribution is 2.26. The number of rotatable bonds is 5. The Morgan fingerprint density at radius 2 is 2.03 bits per heavy atom. The molecule has 5 aromatic rings. The van der Waals surface area contributed by atoms with Crippen LogP contribution in [-0.2, 0) is 0 Å². The van der Waals surface area contributed by atoms with Gasteiger partial charge in [0, 0.05) is 0 Å². The van der Waals surface area contributed by atoms with Crippen LogP contribution in [0.25, 0.3) is 27.1 Å². The van der Waals surface area contributed by atoms with Crippen molar-refractivity contribution in [3.05, 3.63) is 70.6 Å². The summed E-state index contributed by atoms with van der Waals surface area (Å²) in [6, 6.07) is 11.2. The van der Waals surface area contributed by atoms with Crippen molar-refractivity contribution >= 4 is 38.5 Å². The van der Waals surface area contributed by atoms with Gasteiger partial charge in [-0.3, -0.25) is 9.36 Å². The monoisotopic (exact) mass is 403 g/mol. The summed E-state index contributed by atoms with van der Waals surface area (Å²) in [6.07, 6.45) is 3.76. The fourth-order valence-corrected chi connectivity index (χ4v) is 4.14. The van der Waals surface area contributed by atoms with E-state index in [1.807, 2.05) is 48.7 Å². The minimum absolute atomic E-state index is 0.0687. The van der Waals surface area contributed by atoms with Gasteiger partial charge < -0.3 is 10.3 Å². The molecule has 1 unspecified atom stereocenters. The van der Waals surface area contributed by atoms with Gasteiger partial charge in [0.1, 0.15) is 22.4 Å². The predicted molar refractivity (Wildman–Crippen MR) is 114 cm³/mol. The van der Waals surface area contributed by atoms with Gasteiger partial charge in [0.25, 0.3) is 5.56 Å². The summed E-state index contributed by atoms with van der Waals surface area (Å²) in [5.41, 5.74) is 2.72. The molecule has 4 heterocycles. The van der Waals surface area contributed by atoms with E-state index in [0.717, 1.165) is 11.2 Å². The quantitative estimate of drug-likeness (QED) is 0.464. The summed E-state index contributed by atoms with van der Waals surface area (Å²) >= 11 is 1.41. The van der Waals surface area contributed by atoms with Crippen molar-refractivity contribution < 1.29 is 0 Å². The van der Waals surface area contributed by atoms with Gasteiger partial charge in [-0.15, -0.1) is 11.3 Å². The lowest BCUT2D eigenvalue weighted by Gasteiger charge is -2.21. The summed E-state index contributed by atoms with van der Waals surface area (Å²) in [7, 11) is 0. The zero-order valence-corrected chi connectivity index (χ0v) is 16.3. The molecule has 1 aromatic carbocycles. The Morgan fingerprint density at radius 1 is 1.17 bits per heavy atom. The number of H-pyrrole nitrogens is 1. The zero-order chi connectivity index (χ0) is 19.8. The number of aromatic nitrogens is 6. The fraction of sp³-hybridized carbons (Fsp3) is 0.150. The summed E-state index contributed by atoms with van der Waals surface area (Å²) in [5, 5.41) is 5.32. The lowest BCUT2D eigenvalue weighted by Crippen LogP contribution is -2.27. The molecule has 4 aromatic heterocycles. The van der Waals surface area contributed by atoms with Gasteiger partial charge in [0.15, 0.2) is 11.5 Å². The van der Waals surface area contributed by atoms with Crippen LogP contribution in [0.1, 0.15) is 25.2 Å². The van der Waals surface area contributed by atoms with Crippen LogP contribution < -0.4 is 10.9 Å². The van der Waals surface area contributed by atoms with Crippen LogP contribution in [0, 0.1) is 0 Å². The molecule has 1 atom stereocenters. The normalized spacial score (nSPS) is 12.4. The first kappa shape index (κ1) is 17.5. The molecule has 0 saturated carbocycles. The number of hydrogen-bond acceptors (Lipinski definition) is 7.